The fraction of sp³-hybridized carbons (Fsp3) is 0.214. The van der Waals surface area contributed by atoms with E-state index in [4.69, 9.17) is 9.47 Å². The molecule has 0 aliphatic carbocycles. The second-order valence-electron chi connectivity index (χ2n) is 8.39. The summed E-state index contributed by atoms with van der Waals surface area (Å²) in [5, 5.41) is 20.9. The van der Waals surface area contributed by atoms with E-state index in [-0.39, 0.29) is 23.6 Å². The number of aliphatic hydroxyl groups excluding tert-OH is 1. The van der Waals surface area contributed by atoms with Gasteiger partial charge in [0.2, 0.25) is 0 Å². The first kappa shape index (κ1) is 23.9. The quantitative estimate of drug-likeness (QED) is 0.300. The average molecular weight is 474 g/mol. The Morgan fingerprint density at radius 3 is 2.20 bits per heavy atom. The molecule has 1 atom stereocenters. The van der Waals surface area contributed by atoms with Gasteiger partial charge in [0, 0.05) is 12.1 Å². The monoisotopic (exact) mass is 473 g/mol. The van der Waals surface area contributed by atoms with Crippen LogP contribution in [0, 0.1) is 6.92 Å². The molecule has 3 aromatic carbocycles. The van der Waals surface area contributed by atoms with Gasteiger partial charge in [0.15, 0.2) is 11.5 Å². The summed E-state index contributed by atoms with van der Waals surface area (Å²) in [6.45, 7) is 2.16. The lowest BCUT2D eigenvalue weighted by atomic mass is 9.95. The van der Waals surface area contributed by atoms with Crippen molar-refractivity contribution in [1.29, 1.82) is 0 Å². The number of carbonyl (C=O) groups excluding carboxylic acids is 2. The van der Waals surface area contributed by atoms with Crippen LogP contribution >= 0.6 is 0 Å². The SMILES string of the molecule is COc1ccc(CCN2C(=O)C(=O)/C(=C(\O)c3ccc(C)cc3)C2c2ccc(O)cc2)cc1OC. The van der Waals surface area contributed by atoms with Crippen LogP contribution in [0.5, 0.6) is 17.2 Å². The molecule has 7 heteroatoms. The zero-order valence-corrected chi connectivity index (χ0v) is 19.8. The highest BCUT2D eigenvalue weighted by atomic mass is 16.5. The van der Waals surface area contributed by atoms with Crippen LogP contribution in [0.2, 0.25) is 0 Å². The van der Waals surface area contributed by atoms with Crippen LogP contribution in [0.25, 0.3) is 5.76 Å². The molecule has 4 rings (SSSR count). The summed E-state index contributed by atoms with van der Waals surface area (Å²) in [4.78, 5) is 27.7. The van der Waals surface area contributed by atoms with Gasteiger partial charge in [-0.3, -0.25) is 9.59 Å². The van der Waals surface area contributed by atoms with Crippen molar-refractivity contribution in [3.8, 4) is 17.2 Å². The largest absolute Gasteiger partial charge is 0.508 e. The average Bonchev–Trinajstić information content (AvgIpc) is 3.12. The van der Waals surface area contributed by atoms with Crippen LogP contribution < -0.4 is 9.47 Å². The van der Waals surface area contributed by atoms with E-state index < -0.39 is 17.7 Å². The molecule has 3 aromatic rings. The molecule has 0 aromatic heterocycles. The molecule has 1 aliphatic rings. The normalized spacial score (nSPS) is 17.0. The van der Waals surface area contributed by atoms with Crippen molar-refractivity contribution < 1.29 is 29.3 Å². The molecule has 1 heterocycles. The fourth-order valence-corrected chi connectivity index (χ4v) is 4.27. The summed E-state index contributed by atoms with van der Waals surface area (Å²) >= 11 is 0. The second-order valence-corrected chi connectivity index (χ2v) is 8.39. The highest BCUT2D eigenvalue weighted by Gasteiger charge is 2.45. The van der Waals surface area contributed by atoms with Crippen molar-refractivity contribution in [2.75, 3.05) is 20.8 Å². The molecule has 0 saturated carbocycles. The molecular formula is C28H27NO6. The van der Waals surface area contributed by atoms with Gasteiger partial charge in [-0.15, -0.1) is 0 Å². The molecule has 35 heavy (non-hydrogen) atoms. The molecule has 1 aliphatic heterocycles. The molecule has 0 radical (unpaired) electrons. The highest BCUT2D eigenvalue weighted by Crippen LogP contribution is 2.40. The minimum atomic E-state index is -0.794. The summed E-state index contributed by atoms with van der Waals surface area (Å²) in [5.74, 6) is -0.421. The number of ketones is 1. The van der Waals surface area contributed by atoms with Crippen molar-refractivity contribution in [2.24, 2.45) is 0 Å². The molecule has 7 nitrogen and oxygen atoms in total. The lowest BCUT2D eigenvalue weighted by molar-refractivity contribution is -0.139. The smallest absolute Gasteiger partial charge is 0.295 e. The van der Waals surface area contributed by atoms with Gasteiger partial charge in [0.1, 0.15) is 11.5 Å². The Hall–Kier alpha value is -4.26. The van der Waals surface area contributed by atoms with E-state index in [1.165, 1.54) is 17.0 Å². The van der Waals surface area contributed by atoms with Crippen LogP contribution in [0.3, 0.4) is 0 Å². The number of aromatic hydroxyl groups is 1. The van der Waals surface area contributed by atoms with Crippen LogP contribution in [-0.2, 0) is 16.0 Å². The highest BCUT2D eigenvalue weighted by molar-refractivity contribution is 6.46. The van der Waals surface area contributed by atoms with Crippen molar-refractivity contribution in [3.05, 3.63) is 94.6 Å². The van der Waals surface area contributed by atoms with E-state index in [0.29, 0.717) is 29.0 Å². The van der Waals surface area contributed by atoms with Gasteiger partial charge in [0.25, 0.3) is 11.7 Å². The van der Waals surface area contributed by atoms with E-state index in [2.05, 4.69) is 0 Å². The number of amides is 1. The number of hydrogen-bond acceptors (Lipinski definition) is 6. The molecule has 1 unspecified atom stereocenters. The van der Waals surface area contributed by atoms with Crippen LogP contribution in [0.4, 0.5) is 0 Å². The number of benzene rings is 3. The van der Waals surface area contributed by atoms with Crippen molar-refractivity contribution in [2.45, 2.75) is 19.4 Å². The molecule has 1 fully saturated rings. The number of nitrogens with zero attached hydrogens (tertiary/aromatic N) is 1. The number of hydrogen-bond donors (Lipinski definition) is 2. The van der Waals surface area contributed by atoms with Gasteiger partial charge in [0.05, 0.1) is 25.8 Å². The molecular weight excluding hydrogens is 446 g/mol. The Morgan fingerprint density at radius 2 is 1.57 bits per heavy atom. The van der Waals surface area contributed by atoms with E-state index in [0.717, 1.165) is 11.1 Å². The number of aryl methyl sites for hydroxylation is 1. The van der Waals surface area contributed by atoms with Gasteiger partial charge in [-0.25, -0.2) is 0 Å². The van der Waals surface area contributed by atoms with E-state index >= 15 is 0 Å². The van der Waals surface area contributed by atoms with Crippen molar-refractivity contribution in [3.63, 3.8) is 0 Å². The molecule has 2 N–H and O–H groups in total. The number of ether oxygens (including phenoxy) is 2. The molecule has 0 spiro atoms. The minimum Gasteiger partial charge on any atom is -0.508 e. The number of phenolic OH excluding ortho intramolecular Hbond substituents is 1. The number of Topliss-reactive ketones (excluding diaryl/α,β-unsaturated/α-hetero) is 1. The first-order valence-corrected chi connectivity index (χ1v) is 11.2. The maximum atomic E-state index is 13.1. The summed E-state index contributed by atoms with van der Waals surface area (Å²) < 4.78 is 10.7. The topological polar surface area (TPSA) is 96.3 Å². The Kier molecular flexibility index (Phi) is 6.78. The number of aliphatic hydroxyl groups is 1. The zero-order valence-electron chi connectivity index (χ0n) is 19.8. The fourth-order valence-electron chi connectivity index (χ4n) is 4.27. The second kappa shape index (κ2) is 9.93. The lowest BCUT2D eigenvalue weighted by Gasteiger charge is -2.25. The Morgan fingerprint density at radius 1 is 0.914 bits per heavy atom. The maximum Gasteiger partial charge on any atom is 0.295 e. The first-order valence-electron chi connectivity index (χ1n) is 11.2. The van der Waals surface area contributed by atoms with Gasteiger partial charge in [-0.05, 0) is 48.7 Å². The first-order chi connectivity index (χ1) is 16.8. The van der Waals surface area contributed by atoms with Crippen molar-refractivity contribution in [1.82, 2.24) is 4.90 Å². The standard InChI is InChI=1S/C28H27NO6/c1-17-4-7-20(8-5-17)26(31)24-25(19-9-11-21(30)12-10-19)29(28(33)27(24)32)15-14-18-6-13-22(34-2)23(16-18)35-3/h4-13,16,25,30-31H,14-15H2,1-3H3/b26-24-. The Labute approximate surface area is 203 Å². The van der Waals surface area contributed by atoms with Gasteiger partial charge in [-0.1, -0.05) is 48.0 Å². The Balaban J connectivity index is 1.73. The van der Waals surface area contributed by atoms with Gasteiger partial charge >= 0.3 is 0 Å². The Bertz CT molecular complexity index is 1280. The van der Waals surface area contributed by atoms with Gasteiger partial charge in [-0.2, -0.15) is 0 Å². The predicted octanol–water partition coefficient (Wildman–Crippen LogP) is 4.38. The van der Waals surface area contributed by atoms with E-state index in [1.807, 2.05) is 31.2 Å². The summed E-state index contributed by atoms with van der Waals surface area (Å²) in [5.41, 5.74) is 3.00. The van der Waals surface area contributed by atoms with Crippen LogP contribution in [0.1, 0.15) is 28.3 Å². The summed E-state index contributed by atoms with van der Waals surface area (Å²) in [6.07, 6.45) is 0.451. The molecule has 0 bridgehead atoms. The van der Waals surface area contributed by atoms with Gasteiger partial charge < -0.3 is 24.6 Å². The van der Waals surface area contributed by atoms with E-state index in [1.54, 1.807) is 44.6 Å². The summed E-state index contributed by atoms with van der Waals surface area (Å²) in [6, 6.07) is 18.1. The summed E-state index contributed by atoms with van der Waals surface area (Å²) in [7, 11) is 3.11. The number of phenols is 1. The number of likely N-dealkylation sites (tertiary alicyclic amines) is 1. The maximum absolute atomic E-state index is 13.1. The third-order valence-electron chi connectivity index (χ3n) is 6.16. The predicted molar refractivity (Wildman–Crippen MR) is 132 cm³/mol. The number of methoxy groups -OCH3 is 2. The van der Waals surface area contributed by atoms with Crippen LogP contribution in [0.15, 0.2) is 72.3 Å². The van der Waals surface area contributed by atoms with E-state index in [9.17, 15) is 19.8 Å². The molecule has 180 valence electrons. The van der Waals surface area contributed by atoms with Crippen LogP contribution in [-0.4, -0.2) is 47.6 Å². The zero-order chi connectivity index (χ0) is 25.1. The molecule has 1 amide bonds. The minimum absolute atomic E-state index is 0.0249. The van der Waals surface area contributed by atoms with Crippen molar-refractivity contribution >= 4 is 17.4 Å². The lowest BCUT2D eigenvalue weighted by Crippen LogP contribution is -2.31. The number of rotatable bonds is 7. The number of carbonyl (C=O) groups is 2. The third kappa shape index (κ3) is 4.71. The third-order valence-corrected chi connectivity index (χ3v) is 6.16. The molecule has 1 saturated heterocycles.